The van der Waals surface area contributed by atoms with E-state index >= 15 is 0 Å². The van der Waals surface area contributed by atoms with Crippen molar-refractivity contribution in [2.45, 2.75) is 25.4 Å². The summed E-state index contributed by atoms with van der Waals surface area (Å²) in [6.07, 6.45) is 3.25. The number of carbonyl (C=O) groups excluding carboxylic acids is 1. The average molecular weight is 240 g/mol. The molecule has 0 aromatic carbocycles. The van der Waals surface area contributed by atoms with Gasteiger partial charge in [0.25, 0.3) is 0 Å². The molecule has 0 saturated carbocycles. The van der Waals surface area contributed by atoms with Gasteiger partial charge in [-0.3, -0.25) is 9.48 Å². The van der Waals surface area contributed by atoms with E-state index in [1.165, 1.54) is 0 Å². The smallest absolute Gasteiger partial charge is 0.237 e. The number of hydrogen-bond donors (Lipinski definition) is 2. The second-order valence-electron chi connectivity index (χ2n) is 3.94. The zero-order valence-corrected chi connectivity index (χ0v) is 10.3. The first-order valence-corrected chi connectivity index (χ1v) is 5.64. The standard InChI is InChI=1S/C11H20N4O2/c1-15-6-5-9(14-15)8-13-11(16)10(12)4-3-7-17-2/h5-6,10H,3-4,7-8,12H2,1-2H3,(H,13,16). The monoisotopic (exact) mass is 240 g/mol. The Balaban J connectivity index is 2.24. The topological polar surface area (TPSA) is 82.2 Å². The van der Waals surface area contributed by atoms with Gasteiger partial charge in [-0.15, -0.1) is 0 Å². The Bertz CT molecular complexity index is 351. The minimum absolute atomic E-state index is 0.147. The molecular weight excluding hydrogens is 220 g/mol. The molecule has 0 saturated heterocycles. The van der Waals surface area contributed by atoms with E-state index in [0.717, 1.165) is 12.1 Å². The van der Waals surface area contributed by atoms with E-state index in [4.69, 9.17) is 10.5 Å². The molecule has 17 heavy (non-hydrogen) atoms. The second-order valence-corrected chi connectivity index (χ2v) is 3.94. The van der Waals surface area contributed by atoms with E-state index < -0.39 is 6.04 Å². The normalized spacial score (nSPS) is 12.4. The molecule has 1 rings (SSSR count). The summed E-state index contributed by atoms with van der Waals surface area (Å²) in [5, 5.41) is 6.92. The lowest BCUT2D eigenvalue weighted by Crippen LogP contribution is -2.40. The van der Waals surface area contributed by atoms with E-state index in [0.29, 0.717) is 19.6 Å². The number of rotatable bonds is 7. The first-order chi connectivity index (χ1) is 8.13. The minimum atomic E-state index is -0.478. The summed E-state index contributed by atoms with van der Waals surface area (Å²) >= 11 is 0. The Hall–Kier alpha value is -1.40. The number of nitrogens with one attached hydrogen (secondary N) is 1. The Morgan fingerprint density at radius 3 is 3.06 bits per heavy atom. The van der Waals surface area contributed by atoms with Crippen LogP contribution in [0.2, 0.25) is 0 Å². The van der Waals surface area contributed by atoms with E-state index in [1.807, 2.05) is 19.3 Å². The lowest BCUT2D eigenvalue weighted by atomic mass is 10.1. The van der Waals surface area contributed by atoms with Crippen molar-refractivity contribution in [2.24, 2.45) is 12.8 Å². The van der Waals surface area contributed by atoms with Crippen molar-refractivity contribution in [1.29, 1.82) is 0 Å². The number of carbonyl (C=O) groups is 1. The maximum atomic E-state index is 11.6. The fraction of sp³-hybridized carbons (Fsp3) is 0.636. The molecule has 3 N–H and O–H groups in total. The fourth-order valence-corrected chi connectivity index (χ4v) is 1.44. The molecule has 0 bridgehead atoms. The van der Waals surface area contributed by atoms with Crippen molar-refractivity contribution in [2.75, 3.05) is 13.7 Å². The molecular formula is C11H20N4O2. The summed E-state index contributed by atoms with van der Waals surface area (Å²) in [6, 6.07) is 1.38. The number of aromatic nitrogens is 2. The van der Waals surface area contributed by atoms with Crippen molar-refractivity contribution in [1.82, 2.24) is 15.1 Å². The van der Waals surface area contributed by atoms with Gasteiger partial charge in [0.1, 0.15) is 0 Å². The lowest BCUT2D eigenvalue weighted by molar-refractivity contribution is -0.122. The Morgan fingerprint density at radius 2 is 2.47 bits per heavy atom. The highest BCUT2D eigenvalue weighted by atomic mass is 16.5. The number of nitrogens with two attached hydrogens (primary N) is 1. The number of amides is 1. The van der Waals surface area contributed by atoms with Gasteiger partial charge in [-0.05, 0) is 18.9 Å². The number of nitrogens with zero attached hydrogens (tertiary/aromatic N) is 2. The fourth-order valence-electron chi connectivity index (χ4n) is 1.44. The van der Waals surface area contributed by atoms with Crippen molar-refractivity contribution < 1.29 is 9.53 Å². The third-order valence-corrected chi connectivity index (χ3v) is 2.41. The Kier molecular flexibility index (Phi) is 5.65. The molecule has 1 aromatic rings. The van der Waals surface area contributed by atoms with E-state index in [1.54, 1.807) is 11.8 Å². The van der Waals surface area contributed by atoms with Crippen molar-refractivity contribution in [3.63, 3.8) is 0 Å². The van der Waals surface area contributed by atoms with Crippen LogP contribution in [0.1, 0.15) is 18.5 Å². The largest absolute Gasteiger partial charge is 0.385 e. The molecule has 0 aliphatic heterocycles. The third kappa shape index (κ3) is 4.97. The van der Waals surface area contributed by atoms with Crippen LogP contribution >= 0.6 is 0 Å². The van der Waals surface area contributed by atoms with Gasteiger partial charge in [0.05, 0.1) is 18.3 Å². The number of hydrogen-bond acceptors (Lipinski definition) is 4. The van der Waals surface area contributed by atoms with Gasteiger partial charge in [0.2, 0.25) is 5.91 Å². The molecule has 0 spiro atoms. The first kappa shape index (κ1) is 13.7. The van der Waals surface area contributed by atoms with Crippen LogP contribution in [-0.2, 0) is 23.1 Å². The summed E-state index contributed by atoms with van der Waals surface area (Å²) in [5.41, 5.74) is 6.56. The summed E-state index contributed by atoms with van der Waals surface area (Å²) in [5.74, 6) is -0.147. The Labute approximate surface area is 101 Å². The average Bonchev–Trinajstić information content (AvgIpc) is 2.72. The molecule has 6 heteroatoms. The summed E-state index contributed by atoms with van der Waals surface area (Å²) in [4.78, 5) is 11.6. The van der Waals surface area contributed by atoms with Crippen LogP contribution < -0.4 is 11.1 Å². The van der Waals surface area contributed by atoms with Gasteiger partial charge >= 0.3 is 0 Å². The number of methoxy groups -OCH3 is 1. The van der Waals surface area contributed by atoms with Crippen LogP contribution in [0.25, 0.3) is 0 Å². The summed E-state index contributed by atoms with van der Waals surface area (Å²) in [6.45, 7) is 1.04. The highest BCUT2D eigenvalue weighted by Crippen LogP contribution is 1.97. The minimum Gasteiger partial charge on any atom is -0.385 e. The number of aryl methyl sites for hydroxylation is 1. The highest BCUT2D eigenvalue weighted by molar-refractivity contribution is 5.81. The van der Waals surface area contributed by atoms with Gasteiger partial charge in [-0.25, -0.2) is 0 Å². The van der Waals surface area contributed by atoms with Crippen LogP contribution in [0.4, 0.5) is 0 Å². The van der Waals surface area contributed by atoms with Gasteiger partial charge in [-0.1, -0.05) is 0 Å². The van der Waals surface area contributed by atoms with Crippen LogP contribution in [0.3, 0.4) is 0 Å². The Morgan fingerprint density at radius 1 is 1.71 bits per heavy atom. The van der Waals surface area contributed by atoms with Crippen LogP contribution in [0, 0.1) is 0 Å². The molecule has 96 valence electrons. The summed E-state index contributed by atoms with van der Waals surface area (Å²) in [7, 11) is 3.47. The third-order valence-electron chi connectivity index (χ3n) is 2.41. The van der Waals surface area contributed by atoms with Gasteiger partial charge in [0, 0.05) is 27.0 Å². The maximum Gasteiger partial charge on any atom is 0.237 e. The van der Waals surface area contributed by atoms with E-state index in [2.05, 4.69) is 10.4 Å². The van der Waals surface area contributed by atoms with Crippen LogP contribution in [0.15, 0.2) is 12.3 Å². The molecule has 1 aromatic heterocycles. The second kappa shape index (κ2) is 7.03. The molecule has 1 unspecified atom stereocenters. The molecule has 0 aliphatic carbocycles. The van der Waals surface area contributed by atoms with Crippen molar-refractivity contribution in [3.8, 4) is 0 Å². The molecule has 0 aliphatic rings. The molecule has 1 atom stereocenters. The van der Waals surface area contributed by atoms with E-state index in [-0.39, 0.29) is 5.91 Å². The summed E-state index contributed by atoms with van der Waals surface area (Å²) < 4.78 is 6.60. The molecule has 6 nitrogen and oxygen atoms in total. The van der Waals surface area contributed by atoms with Crippen LogP contribution in [0.5, 0.6) is 0 Å². The van der Waals surface area contributed by atoms with Crippen molar-refractivity contribution >= 4 is 5.91 Å². The first-order valence-electron chi connectivity index (χ1n) is 5.64. The van der Waals surface area contributed by atoms with E-state index in [9.17, 15) is 4.79 Å². The van der Waals surface area contributed by atoms with Gasteiger partial charge in [-0.2, -0.15) is 5.10 Å². The predicted molar refractivity (Wildman–Crippen MR) is 64.1 cm³/mol. The molecule has 0 fully saturated rings. The quantitative estimate of drug-likeness (QED) is 0.646. The SMILES string of the molecule is COCCCC(N)C(=O)NCc1ccn(C)n1. The lowest BCUT2D eigenvalue weighted by Gasteiger charge is -2.10. The maximum absolute atomic E-state index is 11.6. The highest BCUT2D eigenvalue weighted by Gasteiger charge is 2.12. The van der Waals surface area contributed by atoms with Gasteiger partial charge < -0.3 is 15.8 Å². The van der Waals surface area contributed by atoms with Crippen LogP contribution in [-0.4, -0.2) is 35.4 Å². The molecule has 0 radical (unpaired) electrons. The van der Waals surface area contributed by atoms with Crippen molar-refractivity contribution in [3.05, 3.63) is 18.0 Å². The number of ether oxygens (including phenoxy) is 1. The molecule has 1 amide bonds. The predicted octanol–water partition coefficient (Wildman–Crippen LogP) is -0.210. The zero-order chi connectivity index (χ0) is 12.7. The van der Waals surface area contributed by atoms with Gasteiger partial charge in [0.15, 0.2) is 0 Å². The molecule has 1 heterocycles. The zero-order valence-electron chi connectivity index (χ0n) is 10.3.